The van der Waals surface area contributed by atoms with Gasteiger partial charge in [0.15, 0.2) is 0 Å². The Morgan fingerprint density at radius 2 is 1.84 bits per heavy atom. The van der Waals surface area contributed by atoms with E-state index in [1.54, 1.807) is 4.90 Å². The summed E-state index contributed by atoms with van der Waals surface area (Å²) in [6, 6.07) is -0.0937. The van der Waals surface area contributed by atoms with E-state index >= 15 is 0 Å². The fraction of sp³-hybridized carbons (Fsp3) is 0.846. The number of carboxylic acid groups (broad SMARTS) is 1. The Morgan fingerprint density at radius 3 is 2.42 bits per heavy atom. The molecule has 0 aromatic carbocycles. The number of fused-ring (bicyclic) bond motifs is 4. The van der Waals surface area contributed by atoms with Crippen molar-refractivity contribution in [1.29, 1.82) is 0 Å². The molecule has 6 heteroatoms. The molecule has 2 bridgehead atoms. The third-order valence-corrected chi connectivity index (χ3v) is 3.61. The molecule has 3 fully saturated rings. The maximum absolute atomic E-state index is 12.1. The quantitative estimate of drug-likeness (QED) is 0.731. The molecule has 6 nitrogen and oxygen atoms in total. The number of piperidine rings is 1. The predicted octanol–water partition coefficient (Wildman–Crippen LogP) is 2.00. The van der Waals surface area contributed by atoms with Crippen molar-refractivity contribution in [1.82, 2.24) is 9.80 Å². The highest BCUT2D eigenvalue weighted by molar-refractivity contribution is 5.69. The SMILES string of the molecule is CC(C)(C)OC(=O)N1CC2CCC(C1)N(C(=O)O)C2. The Labute approximate surface area is 113 Å². The van der Waals surface area contributed by atoms with Gasteiger partial charge in [-0.15, -0.1) is 0 Å². The summed E-state index contributed by atoms with van der Waals surface area (Å²) >= 11 is 0. The highest BCUT2D eigenvalue weighted by Gasteiger charge is 2.39. The number of carbonyl (C=O) groups excluding carboxylic acids is 1. The van der Waals surface area contributed by atoms with Gasteiger partial charge in [-0.25, -0.2) is 9.59 Å². The summed E-state index contributed by atoms with van der Waals surface area (Å²) in [5.74, 6) is 0.224. The van der Waals surface area contributed by atoms with E-state index < -0.39 is 11.7 Å². The van der Waals surface area contributed by atoms with Crippen LogP contribution >= 0.6 is 0 Å². The normalized spacial score (nSPS) is 27.1. The topological polar surface area (TPSA) is 70.1 Å². The van der Waals surface area contributed by atoms with Crippen molar-refractivity contribution in [3.63, 3.8) is 0 Å². The van der Waals surface area contributed by atoms with Crippen LogP contribution in [-0.2, 0) is 4.74 Å². The van der Waals surface area contributed by atoms with E-state index in [4.69, 9.17) is 4.74 Å². The van der Waals surface area contributed by atoms with E-state index in [1.165, 1.54) is 4.90 Å². The van der Waals surface area contributed by atoms with Crippen LogP contribution in [0.15, 0.2) is 0 Å². The highest BCUT2D eigenvalue weighted by atomic mass is 16.6. The fourth-order valence-corrected chi connectivity index (χ4v) is 2.79. The van der Waals surface area contributed by atoms with Crippen LogP contribution in [0.3, 0.4) is 0 Å². The first kappa shape index (κ1) is 14.0. The van der Waals surface area contributed by atoms with Crippen LogP contribution in [0.25, 0.3) is 0 Å². The molecule has 2 unspecified atom stereocenters. The maximum atomic E-state index is 12.1. The molecule has 3 heterocycles. The van der Waals surface area contributed by atoms with E-state index in [1.807, 2.05) is 20.8 Å². The van der Waals surface area contributed by atoms with Crippen LogP contribution in [0, 0.1) is 5.92 Å². The number of rotatable bonds is 0. The Balaban J connectivity index is 2.06. The summed E-state index contributed by atoms with van der Waals surface area (Å²) in [7, 11) is 0. The first-order chi connectivity index (χ1) is 8.76. The molecule has 3 aliphatic heterocycles. The molecule has 0 spiro atoms. The van der Waals surface area contributed by atoms with Gasteiger partial charge in [0.05, 0.1) is 6.04 Å². The number of nitrogens with zero attached hydrogens (tertiary/aromatic N) is 2. The molecule has 0 aromatic heterocycles. The average Bonchev–Trinajstić information content (AvgIpc) is 2.57. The molecule has 2 amide bonds. The van der Waals surface area contributed by atoms with Crippen LogP contribution in [-0.4, -0.2) is 58.4 Å². The lowest BCUT2D eigenvalue weighted by atomic mass is 9.95. The van der Waals surface area contributed by atoms with Gasteiger partial charge in [0, 0.05) is 19.6 Å². The van der Waals surface area contributed by atoms with Crippen molar-refractivity contribution < 1.29 is 19.4 Å². The van der Waals surface area contributed by atoms with Crippen molar-refractivity contribution in [3.8, 4) is 0 Å². The van der Waals surface area contributed by atoms with E-state index in [2.05, 4.69) is 0 Å². The summed E-state index contributed by atoms with van der Waals surface area (Å²) in [5.41, 5.74) is -0.519. The monoisotopic (exact) mass is 270 g/mol. The number of ether oxygens (including phenoxy) is 1. The first-order valence-corrected chi connectivity index (χ1v) is 6.74. The molecule has 3 saturated heterocycles. The molecule has 3 rings (SSSR count). The summed E-state index contributed by atoms with van der Waals surface area (Å²) < 4.78 is 5.37. The number of carbonyl (C=O) groups is 2. The second-order valence-electron chi connectivity index (χ2n) is 6.42. The minimum Gasteiger partial charge on any atom is -0.465 e. The third-order valence-electron chi connectivity index (χ3n) is 3.61. The second kappa shape index (κ2) is 4.90. The molecular weight excluding hydrogens is 248 g/mol. The maximum Gasteiger partial charge on any atom is 0.410 e. The Kier molecular flexibility index (Phi) is 3.60. The molecule has 0 aromatic rings. The van der Waals surface area contributed by atoms with Crippen LogP contribution in [0.5, 0.6) is 0 Å². The summed E-state index contributed by atoms with van der Waals surface area (Å²) in [6.07, 6.45) is 0.585. The van der Waals surface area contributed by atoms with E-state index in [0.717, 1.165) is 12.8 Å². The Bertz CT molecular complexity index is 377. The third kappa shape index (κ3) is 3.30. The van der Waals surface area contributed by atoms with Gasteiger partial charge in [-0.1, -0.05) is 0 Å². The van der Waals surface area contributed by atoms with Crippen molar-refractivity contribution >= 4 is 12.2 Å². The fourth-order valence-electron chi connectivity index (χ4n) is 2.79. The lowest BCUT2D eigenvalue weighted by molar-refractivity contribution is 0.0233. The minimum absolute atomic E-state index is 0.0937. The number of hydrogen-bond donors (Lipinski definition) is 1. The van der Waals surface area contributed by atoms with Crippen molar-refractivity contribution in [2.24, 2.45) is 5.92 Å². The van der Waals surface area contributed by atoms with Gasteiger partial charge in [-0.2, -0.15) is 0 Å². The lowest BCUT2D eigenvalue weighted by Crippen LogP contribution is -2.47. The molecule has 3 aliphatic rings. The zero-order valence-electron chi connectivity index (χ0n) is 11.8. The largest absolute Gasteiger partial charge is 0.465 e. The molecule has 0 saturated carbocycles. The smallest absolute Gasteiger partial charge is 0.410 e. The Morgan fingerprint density at radius 1 is 1.16 bits per heavy atom. The van der Waals surface area contributed by atoms with Gasteiger partial charge in [0.25, 0.3) is 0 Å². The van der Waals surface area contributed by atoms with Crippen molar-refractivity contribution in [3.05, 3.63) is 0 Å². The van der Waals surface area contributed by atoms with Gasteiger partial charge in [0.2, 0.25) is 0 Å². The molecule has 19 heavy (non-hydrogen) atoms. The summed E-state index contributed by atoms with van der Waals surface area (Å²) in [4.78, 5) is 26.4. The van der Waals surface area contributed by atoms with Crippen LogP contribution < -0.4 is 0 Å². The van der Waals surface area contributed by atoms with Crippen LogP contribution in [0.2, 0.25) is 0 Å². The van der Waals surface area contributed by atoms with Gasteiger partial charge in [-0.05, 0) is 39.5 Å². The number of hydrogen-bond acceptors (Lipinski definition) is 3. The van der Waals surface area contributed by atoms with E-state index in [-0.39, 0.29) is 18.1 Å². The molecule has 0 radical (unpaired) electrons. The second-order valence-corrected chi connectivity index (χ2v) is 6.42. The van der Waals surface area contributed by atoms with Crippen LogP contribution in [0.1, 0.15) is 33.6 Å². The zero-order valence-corrected chi connectivity index (χ0v) is 11.8. The molecule has 1 N–H and O–H groups in total. The summed E-state index contributed by atoms with van der Waals surface area (Å²) in [6.45, 7) is 7.06. The molecule has 2 atom stereocenters. The predicted molar refractivity (Wildman–Crippen MR) is 69.0 cm³/mol. The van der Waals surface area contributed by atoms with Crippen LogP contribution in [0.4, 0.5) is 9.59 Å². The van der Waals surface area contributed by atoms with Gasteiger partial charge >= 0.3 is 12.2 Å². The standard InChI is InChI=1S/C13H22N2O4/c1-13(2,3)19-12(18)14-6-9-4-5-10(8-14)15(7-9)11(16)17/h9-10H,4-8H2,1-3H3,(H,16,17). The van der Waals surface area contributed by atoms with Gasteiger partial charge < -0.3 is 19.6 Å². The molecular formula is C13H22N2O4. The van der Waals surface area contributed by atoms with Crippen molar-refractivity contribution in [2.75, 3.05) is 19.6 Å². The molecule has 0 aliphatic carbocycles. The summed E-state index contributed by atoms with van der Waals surface area (Å²) in [5, 5.41) is 9.19. The molecule has 108 valence electrons. The van der Waals surface area contributed by atoms with Crippen molar-refractivity contribution in [2.45, 2.75) is 45.3 Å². The Hall–Kier alpha value is -1.46. The first-order valence-electron chi connectivity index (χ1n) is 6.74. The van der Waals surface area contributed by atoms with E-state index in [0.29, 0.717) is 19.6 Å². The zero-order chi connectivity index (χ0) is 14.2. The number of amides is 2. The van der Waals surface area contributed by atoms with Gasteiger partial charge in [-0.3, -0.25) is 0 Å². The van der Waals surface area contributed by atoms with Gasteiger partial charge in [0.1, 0.15) is 5.60 Å². The highest BCUT2D eigenvalue weighted by Crippen LogP contribution is 2.28. The van der Waals surface area contributed by atoms with E-state index in [9.17, 15) is 14.7 Å². The average molecular weight is 270 g/mol. The lowest BCUT2D eigenvalue weighted by Gasteiger charge is -2.33. The minimum atomic E-state index is -0.888.